The Hall–Kier alpha value is -1.04. The molecule has 6 heteroatoms. The number of aliphatic imine (C=N–C) groups is 1. The molecule has 1 atom stereocenters. The molecule has 1 amide bonds. The van der Waals surface area contributed by atoms with Crippen LogP contribution in [0.2, 0.25) is 0 Å². The minimum absolute atomic E-state index is 0.159. The van der Waals surface area contributed by atoms with Crippen LogP contribution in [0.5, 0.6) is 0 Å². The molecule has 1 N–H and O–H groups in total. The van der Waals surface area contributed by atoms with Crippen LogP contribution < -0.4 is 5.32 Å². The average molecular weight is 201 g/mol. The van der Waals surface area contributed by atoms with Crippen LogP contribution in [0.1, 0.15) is 13.8 Å². The molecule has 1 heterocycles. The summed E-state index contributed by atoms with van der Waals surface area (Å²) in [4.78, 5) is 19.4. The van der Waals surface area contributed by atoms with Gasteiger partial charge in [0.25, 0.3) is 0 Å². The summed E-state index contributed by atoms with van der Waals surface area (Å²) < 4.78 is 0. The molecule has 0 spiro atoms. The van der Waals surface area contributed by atoms with E-state index in [-0.39, 0.29) is 5.37 Å². The van der Waals surface area contributed by atoms with Gasteiger partial charge in [-0.2, -0.15) is 0 Å². The molecule has 0 radical (unpaired) electrons. The van der Waals surface area contributed by atoms with Crippen molar-refractivity contribution in [2.75, 3.05) is 7.05 Å². The number of rotatable bonds is 1. The molecule has 13 heavy (non-hydrogen) atoms. The van der Waals surface area contributed by atoms with Gasteiger partial charge in [-0.15, -0.1) is 0 Å². The fraction of sp³-hybridized carbons (Fsp3) is 0.571. The molecule has 1 aliphatic rings. The molecule has 0 saturated carbocycles. The fourth-order valence-electron chi connectivity index (χ4n) is 0.817. The lowest BCUT2D eigenvalue weighted by Gasteiger charge is -1.97. The van der Waals surface area contributed by atoms with Gasteiger partial charge in [0.1, 0.15) is 0 Å². The molecule has 0 fully saturated rings. The van der Waals surface area contributed by atoms with Gasteiger partial charge in [-0.1, -0.05) is 16.9 Å². The summed E-state index contributed by atoms with van der Waals surface area (Å²) >= 11 is 1.47. The van der Waals surface area contributed by atoms with Crippen LogP contribution in [0, 0.1) is 0 Å². The maximum absolute atomic E-state index is 10.7. The van der Waals surface area contributed by atoms with Gasteiger partial charge in [-0.3, -0.25) is 9.83 Å². The Balaban J connectivity index is 2.54. The lowest BCUT2D eigenvalue weighted by molar-refractivity contribution is 0.154. The molecule has 1 unspecified atom stereocenters. The Labute approximate surface area is 80.6 Å². The molecule has 5 nitrogen and oxygen atoms in total. The summed E-state index contributed by atoms with van der Waals surface area (Å²) in [7, 11) is 1.48. The van der Waals surface area contributed by atoms with Crippen molar-refractivity contribution in [3.63, 3.8) is 0 Å². The number of nitrogens with one attached hydrogen (secondary N) is 1. The van der Waals surface area contributed by atoms with Crippen molar-refractivity contribution < 1.29 is 9.63 Å². The standard InChI is InChI=1S/C7H11N3O2S/c1-4-6(13-5(2)9-4)10-12-7(11)8-3/h5H,1-3H3,(H,8,11)/b10-6-. The third-order valence-electron chi connectivity index (χ3n) is 1.38. The van der Waals surface area contributed by atoms with Crippen molar-refractivity contribution in [3.8, 4) is 0 Å². The normalized spacial score (nSPS) is 24.4. The summed E-state index contributed by atoms with van der Waals surface area (Å²) in [5.41, 5.74) is 0.807. The molecule has 0 aliphatic carbocycles. The quantitative estimate of drug-likeness (QED) is 0.512. The van der Waals surface area contributed by atoms with E-state index >= 15 is 0 Å². The molecule has 0 aromatic rings. The molecule has 0 saturated heterocycles. The number of carbonyl (C=O) groups excluding carboxylic acids is 1. The predicted octanol–water partition coefficient (Wildman–Crippen LogP) is 1.21. The maximum Gasteiger partial charge on any atom is 0.433 e. The lowest BCUT2D eigenvalue weighted by Crippen LogP contribution is -2.17. The van der Waals surface area contributed by atoms with E-state index in [4.69, 9.17) is 0 Å². The van der Waals surface area contributed by atoms with Crippen LogP contribution in [0.3, 0.4) is 0 Å². The summed E-state index contributed by atoms with van der Waals surface area (Å²) in [6.07, 6.45) is -0.569. The van der Waals surface area contributed by atoms with Gasteiger partial charge in [-0.05, 0) is 13.8 Å². The van der Waals surface area contributed by atoms with E-state index in [0.717, 1.165) is 5.71 Å². The van der Waals surface area contributed by atoms with Gasteiger partial charge < -0.3 is 5.32 Å². The molecule has 72 valence electrons. The largest absolute Gasteiger partial charge is 0.433 e. The number of thioether (sulfide) groups is 1. The van der Waals surface area contributed by atoms with E-state index in [9.17, 15) is 4.79 Å². The van der Waals surface area contributed by atoms with E-state index < -0.39 is 6.09 Å². The third kappa shape index (κ3) is 2.73. The van der Waals surface area contributed by atoms with Crippen LogP contribution in [-0.4, -0.2) is 29.3 Å². The highest BCUT2D eigenvalue weighted by Crippen LogP contribution is 2.22. The van der Waals surface area contributed by atoms with Gasteiger partial charge in [0.15, 0.2) is 5.04 Å². The zero-order valence-corrected chi connectivity index (χ0v) is 8.51. The van der Waals surface area contributed by atoms with Crippen molar-refractivity contribution in [2.45, 2.75) is 19.2 Å². The Morgan fingerprint density at radius 2 is 2.46 bits per heavy atom. The number of nitrogens with zero attached hydrogens (tertiary/aromatic N) is 2. The van der Waals surface area contributed by atoms with Crippen LogP contribution in [0.15, 0.2) is 10.1 Å². The highest BCUT2D eigenvalue weighted by molar-refractivity contribution is 8.16. The first-order valence-electron chi connectivity index (χ1n) is 3.81. The molecule has 0 bridgehead atoms. The number of hydrogen-bond donors (Lipinski definition) is 1. The Bertz CT molecular complexity index is 275. The average Bonchev–Trinajstić information content (AvgIpc) is 2.41. The Kier molecular flexibility index (Phi) is 3.30. The minimum atomic E-state index is -0.569. The fourth-order valence-corrected chi connectivity index (χ4v) is 1.65. The first-order valence-corrected chi connectivity index (χ1v) is 4.69. The Morgan fingerprint density at radius 1 is 1.77 bits per heavy atom. The maximum atomic E-state index is 10.7. The first-order chi connectivity index (χ1) is 6.13. The Morgan fingerprint density at radius 3 is 2.92 bits per heavy atom. The number of hydrogen-bond acceptors (Lipinski definition) is 5. The second-order valence-electron chi connectivity index (χ2n) is 2.46. The second kappa shape index (κ2) is 4.27. The van der Waals surface area contributed by atoms with E-state index in [1.807, 2.05) is 13.8 Å². The molecule has 1 rings (SSSR count). The molecule has 0 aromatic heterocycles. The van der Waals surface area contributed by atoms with Crippen LogP contribution in [0.25, 0.3) is 0 Å². The van der Waals surface area contributed by atoms with Crippen molar-refractivity contribution >= 4 is 28.6 Å². The number of carbonyl (C=O) groups is 1. The smallest absolute Gasteiger partial charge is 0.323 e. The van der Waals surface area contributed by atoms with Gasteiger partial charge in [0, 0.05) is 7.05 Å². The zero-order valence-electron chi connectivity index (χ0n) is 7.70. The van der Waals surface area contributed by atoms with E-state index in [1.54, 1.807) is 0 Å². The summed E-state index contributed by atoms with van der Waals surface area (Å²) in [6.45, 7) is 3.79. The highest BCUT2D eigenvalue weighted by atomic mass is 32.2. The summed E-state index contributed by atoms with van der Waals surface area (Å²) in [5.74, 6) is 0. The van der Waals surface area contributed by atoms with Gasteiger partial charge in [-0.25, -0.2) is 4.79 Å². The van der Waals surface area contributed by atoms with E-state index in [1.165, 1.54) is 18.8 Å². The van der Waals surface area contributed by atoms with E-state index in [0.29, 0.717) is 5.04 Å². The predicted molar refractivity (Wildman–Crippen MR) is 53.1 cm³/mol. The number of oxime groups is 1. The summed E-state index contributed by atoms with van der Waals surface area (Å²) in [5, 5.41) is 6.78. The van der Waals surface area contributed by atoms with Crippen molar-refractivity contribution in [1.82, 2.24) is 5.32 Å². The van der Waals surface area contributed by atoms with Crippen molar-refractivity contribution in [3.05, 3.63) is 0 Å². The van der Waals surface area contributed by atoms with Gasteiger partial charge in [0.05, 0.1) is 11.1 Å². The third-order valence-corrected chi connectivity index (χ3v) is 2.42. The SMILES string of the molecule is CNC(=O)O/N=C1\SC(C)N=C1C. The highest BCUT2D eigenvalue weighted by Gasteiger charge is 2.19. The molecule has 0 aromatic carbocycles. The zero-order chi connectivity index (χ0) is 9.84. The van der Waals surface area contributed by atoms with Crippen LogP contribution in [0.4, 0.5) is 4.79 Å². The molecular weight excluding hydrogens is 190 g/mol. The topological polar surface area (TPSA) is 63.0 Å². The van der Waals surface area contributed by atoms with E-state index in [2.05, 4.69) is 20.3 Å². The van der Waals surface area contributed by atoms with Crippen molar-refractivity contribution in [2.24, 2.45) is 10.1 Å². The second-order valence-corrected chi connectivity index (χ2v) is 3.76. The number of amides is 1. The molecular formula is C7H11N3O2S. The van der Waals surface area contributed by atoms with Crippen LogP contribution >= 0.6 is 11.8 Å². The monoisotopic (exact) mass is 201 g/mol. The minimum Gasteiger partial charge on any atom is -0.323 e. The van der Waals surface area contributed by atoms with Crippen LogP contribution in [-0.2, 0) is 4.84 Å². The lowest BCUT2D eigenvalue weighted by atomic mass is 10.5. The van der Waals surface area contributed by atoms with Crippen molar-refractivity contribution in [1.29, 1.82) is 0 Å². The van der Waals surface area contributed by atoms with Gasteiger partial charge >= 0.3 is 6.09 Å². The van der Waals surface area contributed by atoms with Gasteiger partial charge in [0.2, 0.25) is 0 Å². The summed E-state index contributed by atoms with van der Waals surface area (Å²) in [6, 6.07) is 0. The first kappa shape index (κ1) is 10.0. The molecule has 1 aliphatic heterocycles.